The van der Waals surface area contributed by atoms with Gasteiger partial charge in [0.1, 0.15) is 18.0 Å². The highest BCUT2D eigenvalue weighted by Crippen LogP contribution is 2.36. The number of nitrogens with zero attached hydrogens (tertiary/aromatic N) is 1. The Balaban J connectivity index is 1.63. The van der Waals surface area contributed by atoms with Crippen LogP contribution in [0.25, 0.3) is 0 Å². The lowest BCUT2D eigenvalue weighted by Gasteiger charge is -2.42. The monoisotopic (exact) mass is 431 g/mol. The smallest absolute Gasteiger partial charge is 0.410 e. The van der Waals surface area contributed by atoms with Crippen molar-refractivity contribution in [3.8, 4) is 5.75 Å². The third-order valence-electron chi connectivity index (χ3n) is 6.01. The van der Waals surface area contributed by atoms with E-state index in [2.05, 4.69) is 10.6 Å². The molecule has 7 nitrogen and oxygen atoms in total. The van der Waals surface area contributed by atoms with Crippen LogP contribution < -0.4 is 15.4 Å². The molecule has 1 aromatic rings. The molecule has 3 rings (SSSR count). The fourth-order valence-corrected chi connectivity index (χ4v) is 4.24. The van der Waals surface area contributed by atoms with Gasteiger partial charge in [0, 0.05) is 26.2 Å². The van der Waals surface area contributed by atoms with Crippen LogP contribution >= 0.6 is 0 Å². The molecule has 2 aliphatic rings. The minimum Gasteiger partial charge on any atom is -0.492 e. The number of likely N-dealkylation sites (tertiary alicyclic amines) is 1. The lowest BCUT2D eigenvalue weighted by atomic mass is 9.74. The molecule has 7 heteroatoms. The van der Waals surface area contributed by atoms with Gasteiger partial charge in [0.2, 0.25) is 5.91 Å². The summed E-state index contributed by atoms with van der Waals surface area (Å²) < 4.78 is 11.3. The van der Waals surface area contributed by atoms with Gasteiger partial charge in [0.05, 0.1) is 6.42 Å². The van der Waals surface area contributed by atoms with E-state index in [0.29, 0.717) is 32.7 Å². The van der Waals surface area contributed by atoms with Crippen molar-refractivity contribution in [1.29, 1.82) is 0 Å². The highest BCUT2D eigenvalue weighted by Gasteiger charge is 2.37. The van der Waals surface area contributed by atoms with E-state index in [-0.39, 0.29) is 17.4 Å². The minimum atomic E-state index is -0.490. The van der Waals surface area contributed by atoms with Gasteiger partial charge in [-0.2, -0.15) is 0 Å². The summed E-state index contributed by atoms with van der Waals surface area (Å²) in [5, 5.41) is 6.62. The number of carbonyl (C=O) groups is 2. The molecular weight excluding hydrogens is 394 g/mol. The van der Waals surface area contributed by atoms with E-state index in [0.717, 1.165) is 50.1 Å². The Hall–Kier alpha value is -2.28. The second-order valence-electron chi connectivity index (χ2n) is 9.77. The molecule has 0 saturated carbocycles. The SMILES string of the molecule is CC(C)(C)OC(=O)N1CCC2(CCCNCCOc3cccc(c3)CC(=O)NC2)CC1. The predicted molar refractivity (Wildman–Crippen MR) is 120 cm³/mol. The largest absolute Gasteiger partial charge is 0.492 e. The van der Waals surface area contributed by atoms with Crippen molar-refractivity contribution in [3.63, 3.8) is 0 Å². The molecule has 2 amide bonds. The van der Waals surface area contributed by atoms with Gasteiger partial charge in [0.15, 0.2) is 0 Å². The molecule has 0 aromatic heterocycles. The molecule has 2 heterocycles. The summed E-state index contributed by atoms with van der Waals surface area (Å²) >= 11 is 0. The second kappa shape index (κ2) is 10.4. The molecule has 2 bridgehead atoms. The zero-order valence-corrected chi connectivity index (χ0v) is 19.2. The van der Waals surface area contributed by atoms with Gasteiger partial charge in [-0.05, 0) is 76.1 Å². The molecule has 1 saturated heterocycles. The van der Waals surface area contributed by atoms with Crippen LogP contribution in [0.15, 0.2) is 24.3 Å². The summed E-state index contributed by atoms with van der Waals surface area (Å²) in [5.74, 6) is 0.826. The number of ether oxygens (including phenoxy) is 2. The number of hydrogen-bond acceptors (Lipinski definition) is 5. The molecule has 1 aromatic carbocycles. The van der Waals surface area contributed by atoms with Gasteiger partial charge in [-0.15, -0.1) is 0 Å². The van der Waals surface area contributed by atoms with Crippen LogP contribution in [0.3, 0.4) is 0 Å². The van der Waals surface area contributed by atoms with E-state index in [1.165, 1.54) is 0 Å². The number of hydrogen-bond donors (Lipinski definition) is 2. The van der Waals surface area contributed by atoms with E-state index in [1.807, 2.05) is 45.0 Å². The van der Waals surface area contributed by atoms with Gasteiger partial charge in [-0.3, -0.25) is 4.79 Å². The summed E-state index contributed by atoms with van der Waals surface area (Å²) in [5.41, 5.74) is 0.469. The van der Waals surface area contributed by atoms with Crippen molar-refractivity contribution < 1.29 is 19.1 Å². The summed E-state index contributed by atoms with van der Waals surface area (Å²) in [7, 11) is 0. The van der Waals surface area contributed by atoms with Crippen LogP contribution in [0, 0.1) is 5.41 Å². The average molecular weight is 432 g/mol. The van der Waals surface area contributed by atoms with Crippen molar-refractivity contribution >= 4 is 12.0 Å². The predicted octanol–water partition coefficient (Wildman–Crippen LogP) is 3.12. The first kappa shape index (κ1) is 23.4. The fourth-order valence-electron chi connectivity index (χ4n) is 4.24. The first-order valence-electron chi connectivity index (χ1n) is 11.4. The van der Waals surface area contributed by atoms with Crippen LogP contribution in [-0.4, -0.2) is 61.8 Å². The molecule has 0 unspecified atom stereocenters. The maximum Gasteiger partial charge on any atom is 0.410 e. The lowest BCUT2D eigenvalue weighted by Crippen LogP contribution is -2.49. The van der Waals surface area contributed by atoms with Crippen LogP contribution in [0.1, 0.15) is 52.0 Å². The zero-order chi connectivity index (χ0) is 22.3. The number of fused-ring (bicyclic) bond motifs is 2. The van der Waals surface area contributed by atoms with Crippen LogP contribution in [-0.2, 0) is 16.0 Å². The van der Waals surface area contributed by atoms with Crippen LogP contribution in [0.2, 0.25) is 0 Å². The normalized spacial score (nSPS) is 20.7. The Labute approximate surface area is 185 Å². The summed E-state index contributed by atoms with van der Waals surface area (Å²) in [6.45, 7) is 9.94. The topological polar surface area (TPSA) is 79.9 Å². The Morgan fingerprint density at radius 2 is 1.94 bits per heavy atom. The summed E-state index contributed by atoms with van der Waals surface area (Å²) in [6, 6.07) is 7.75. The van der Waals surface area contributed by atoms with Crippen molar-refractivity contribution in [1.82, 2.24) is 15.5 Å². The number of piperidine rings is 1. The molecule has 0 radical (unpaired) electrons. The molecule has 2 N–H and O–H groups in total. The lowest BCUT2D eigenvalue weighted by molar-refractivity contribution is -0.121. The first-order chi connectivity index (χ1) is 14.7. The number of amides is 2. The zero-order valence-electron chi connectivity index (χ0n) is 19.2. The maximum atomic E-state index is 12.6. The molecule has 1 spiro atoms. The van der Waals surface area contributed by atoms with E-state index in [1.54, 1.807) is 4.90 Å². The van der Waals surface area contributed by atoms with E-state index in [4.69, 9.17) is 9.47 Å². The van der Waals surface area contributed by atoms with Crippen LogP contribution in [0.5, 0.6) is 5.75 Å². The van der Waals surface area contributed by atoms with Gasteiger partial charge < -0.3 is 25.0 Å². The number of benzene rings is 1. The minimum absolute atomic E-state index is 0.00831. The number of rotatable bonds is 0. The maximum absolute atomic E-state index is 12.6. The molecule has 172 valence electrons. The van der Waals surface area contributed by atoms with Gasteiger partial charge in [-0.1, -0.05) is 12.1 Å². The van der Waals surface area contributed by atoms with Gasteiger partial charge in [0.25, 0.3) is 0 Å². The molecule has 0 atom stereocenters. The Morgan fingerprint density at radius 1 is 1.16 bits per heavy atom. The fraction of sp³-hybridized carbons (Fsp3) is 0.667. The number of nitrogens with one attached hydrogen (secondary N) is 2. The number of carbonyl (C=O) groups excluding carboxylic acids is 2. The summed E-state index contributed by atoms with van der Waals surface area (Å²) in [4.78, 5) is 26.9. The molecular formula is C24H37N3O4. The highest BCUT2D eigenvalue weighted by molar-refractivity contribution is 5.78. The molecule has 31 heavy (non-hydrogen) atoms. The third kappa shape index (κ3) is 7.42. The Kier molecular flexibility index (Phi) is 7.81. The van der Waals surface area contributed by atoms with Gasteiger partial charge >= 0.3 is 6.09 Å². The quantitative estimate of drug-likeness (QED) is 0.660. The Bertz CT molecular complexity index is 751. The standard InChI is InChI=1S/C24H37N3O4/c1-23(2,3)31-22(29)27-13-9-24(10-14-27)8-5-11-25-12-15-30-20-7-4-6-19(16-20)17-21(28)26-18-24/h4,6-7,16,25H,5,8-15,17-18H2,1-3H3,(H,26,28). The summed E-state index contributed by atoms with van der Waals surface area (Å²) in [6.07, 6.45) is 3.86. The first-order valence-corrected chi connectivity index (χ1v) is 11.4. The van der Waals surface area contributed by atoms with Crippen molar-refractivity contribution in [3.05, 3.63) is 29.8 Å². The van der Waals surface area contributed by atoms with Crippen molar-refractivity contribution in [2.24, 2.45) is 5.41 Å². The van der Waals surface area contributed by atoms with Gasteiger partial charge in [-0.25, -0.2) is 4.79 Å². The third-order valence-corrected chi connectivity index (χ3v) is 6.01. The van der Waals surface area contributed by atoms with E-state index >= 15 is 0 Å². The second-order valence-corrected chi connectivity index (χ2v) is 9.77. The highest BCUT2D eigenvalue weighted by atomic mass is 16.6. The average Bonchev–Trinajstić information content (AvgIpc) is 2.71. The Morgan fingerprint density at radius 3 is 2.68 bits per heavy atom. The van der Waals surface area contributed by atoms with Crippen LogP contribution in [0.4, 0.5) is 4.79 Å². The van der Waals surface area contributed by atoms with E-state index < -0.39 is 5.60 Å². The van der Waals surface area contributed by atoms with E-state index in [9.17, 15) is 9.59 Å². The van der Waals surface area contributed by atoms with Crippen molar-refractivity contribution in [2.75, 3.05) is 39.3 Å². The molecule has 1 fully saturated rings. The van der Waals surface area contributed by atoms with Crippen molar-refractivity contribution in [2.45, 2.75) is 58.5 Å². The molecule has 0 aliphatic carbocycles. The molecule has 2 aliphatic heterocycles.